The Hall–Kier alpha value is -3.09. The van der Waals surface area contributed by atoms with Gasteiger partial charge in [0.15, 0.2) is 5.75 Å². The summed E-state index contributed by atoms with van der Waals surface area (Å²) in [4.78, 5) is 27.7. The van der Waals surface area contributed by atoms with Gasteiger partial charge >= 0.3 is 0 Å². The summed E-state index contributed by atoms with van der Waals surface area (Å²) in [7, 11) is 0. The Morgan fingerprint density at radius 1 is 1.00 bits per heavy atom. The molecule has 3 rings (SSSR count). The third kappa shape index (κ3) is 5.00. The van der Waals surface area contributed by atoms with Crippen molar-refractivity contribution in [1.29, 1.82) is 0 Å². The highest BCUT2D eigenvalue weighted by Crippen LogP contribution is 2.33. The third-order valence-corrected chi connectivity index (χ3v) is 4.06. The van der Waals surface area contributed by atoms with Gasteiger partial charge in [-0.1, -0.05) is 35.3 Å². The van der Waals surface area contributed by atoms with Gasteiger partial charge in [0, 0.05) is 24.4 Å². The number of benzene rings is 2. The number of para-hydroxylation sites is 2. The van der Waals surface area contributed by atoms with E-state index in [9.17, 15) is 9.59 Å². The highest BCUT2D eigenvalue weighted by molar-refractivity contribution is 6.35. The summed E-state index contributed by atoms with van der Waals surface area (Å²) in [6.45, 7) is 1.42. The zero-order chi connectivity index (χ0) is 20.1. The molecule has 2 aromatic carbocycles. The molecule has 0 saturated heterocycles. The van der Waals surface area contributed by atoms with Crippen molar-refractivity contribution in [3.05, 3.63) is 76.4 Å². The van der Waals surface area contributed by atoms with Gasteiger partial charge in [-0.2, -0.15) is 0 Å². The maximum atomic E-state index is 12.6. The molecule has 2 amide bonds. The lowest BCUT2D eigenvalue weighted by molar-refractivity contribution is -0.114. The standard InChI is InChI=1S/C20H15Cl2N3O3/c1-12(26)24-15-8-6-13(7-9-15)19(27)25-17-4-2-3-5-18(17)28-20-16(22)10-14(21)11-23-20/h2-11H,1H3,(H,24,26)(H,25,27). The molecule has 0 fully saturated rings. The van der Waals surface area contributed by atoms with E-state index in [0.717, 1.165) is 0 Å². The number of amides is 2. The van der Waals surface area contributed by atoms with Crippen LogP contribution in [0.1, 0.15) is 17.3 Å². The van der Waals surface area contributed by atoms with Crippen LogP contribution in [-0.4, -0.2) is 16.8 Å². The molecule has 2 N–H and O–H groups in total. The van der Waals surface area contributed by atoms with E-state index in [0.29, 0.717) is 27.7 Å². The van der Waals surface area contributed by atoms with Gasteiger partial charge in [-0.15, -0.1) is 0 Å². The van der Waals surface area contributed by atoms with Crippen LogP contribution < -0.4 is 15.4 Å². The fraction of sp³-hybridized carbons (Fsp3) is 0.0500. The minimum atomic E-state index is -0.333. The van der Waals surface area contributed by atoms with Gasteiger partial charge < -0.3 is 15.4 Å². The number of nitrogens with one attached hydrogen (secondary N) is 2. The molecule has 0 aliphatic carbocycles. The Kier molecular flexibility index (Phi) is 6.13. The number of nitrogens with zero attached hydrogens (tertiary/aromatic N) is 1. The number of halogens is 2. The fourth-order valence-electron chi connectivity index (χ4n) is 2.34. The molecule has 1 aromatic heterocycles. The largest absolute Gasteiger partial charge is 0.435 e. The molecule has 142 valence electrons. The number of ether oxygens (including phenoxy) is 1. The number of carbonyl (C=O) groups excluding carboxylic acids is 2. The molecule has 0 atom stereocenters. The summed E-state index contributed by atoms with van der Waals surface area (Å²) in [5, 5.41) is 6.08. The minimum Gasteiger partial charge on any atom is -0.435 e. The third-order valence-electron chi connectivity index (χ3n) is 3.58. The first-order valence-electron chi connectivity index (χ1n) is 8.19. The predicted octanol–water partition coefficient (Wildman–Crippen LogP) is 5.39. The maximum absolute atomic E-state index is 12.6. The topological polar surface area (TPSA) is 80.3 Å². The second-order valence-electron chi connectivity index (χ2n) is 5.75. The Morgan fingerprint density at radius 3 is 2.39 bits per heavy atom. The normalized spacial score (nSPS) is 10.2. The van der Waals surface area contributed by atoms with Crippen LogP contribution >= 0.6 is 23.2 Å². The van der Waals surface area contributed by atoms with Gasteiger partial charge in [-0.25, -0.2) is 4.98 Å². The monoisotopic (exact) mass is 415 g/mol. The fourth-order valence-corrected chi connectivity index (χ4v) is 2.76. The van der Waals surface area contributed by atoms with E-state index in [-0.39, 0.29) is 22.7 Å². The van der Waals surface area contributed by atoms with Crippen LogP contribution in [0.15, 0.2) is 60.8 Å². The van der Waals surface area contributed by atoms with E-state index >= 15 is 0 Å². The summed E-state index contributed by atoms with van der Waals surface area (Å²) in [6, 6.07) is 14.9. The van der Waals surface area contributed by atoms with Crippen LogP contribution in [0, 0.1) is 0 Å². The van der Waals surface area contributed by atoms with E-state index in [1.54, 1.807) is 48.5 Å². The highest BCUT2D eigenvalue weighted by Gasteiger charge is 2.13. The Morgan fingerprint density at radius 2 is 1.71 bits per heavy atom. The minimum absolute atomic E-state index is 0.174. The molecule has 1 heterocycles. The average Bonchev–Trinajstić information content (AvgIpc) is 2.65. The number of anilines is 2. The van der Waals surface area contributed by atoms with Crippen molar-refractivity contribution >= 4 is 46.4 Å². The van der Waals surface area contributed by atoms with Gasteiger partial charge in [-0.3, -0.25) is 9.59 Å². The van der Waals surface area contributed by atoms with Crippen LogP contribution in [0.3, 0.4) is 0 Å². The number of pyridine rings is 1. The lowest BCUT2D eigenvalue weighted by Crippen LogP contribution is -2.13. The second-order valence-corrected chi connectivity index (χ2v) is 6.60. The zero-order valence-electron chi connectivity index (χ0n) is 14.7. The second kappa shape index (κ2) is 8.73. The molecule has 0 spiro atoms. The van der Waals surface area contributed by atoms with Crippen LogP contribution in [0.2, 0.25) is 10.0 Å². The molecule has 0 radical (unpaired) electrons. The predicted molar refractivity (Wildman–Crippen MR) is 109 cm³/mol. The van der Waals surface area contributed by atoms with Gasteiger partial charge in [0.1, 0.15) is 5.02 Å². The number of rotatable bonds is 5. The Balaban J connectivity index is 1.77. The maximum Gasteiger partial charge on any atom is 0.255 e. The first-order valence-corrected chi connectivity index (χ1v) is 8.95. The zero-order valence-corrected chi connectivity index (χ0v) is 16.2. The van der Waals surface area contributed by atoms with E-state index in [1.165, 1.54) is 19.2 Å². The smallest absolute Gasteiger partial charge is 0.255 e. The average molecular weight is 416 g/mol. The Bertz CT molecular complexity index is 1020. The number of hydrogen-bond donors (Lipinski definition) is 2. The molecule has 8 heteroatoms. The first kappa shape index (κ1) is 19.7. The van der Waals surface area contributed by atoms with Gasteiger partial charge in [0.25, 0.3) is 5.91 Å². The molecule has 0 unspecified atom stereocenters. The van der Waals surface area contributed by atoms with Crippen LogP contribution in [0.25, 0.3) is 0 Å². The van der Waals surface area contributed by atoms with Crippen molar-refractivity contribution in [3.8, 4) is 11.6 Å². The van der Waals surface area contributed by atoms with Gasteiger partial charge in [-0.05, 0) is 42.5 Å². The van der Waals surface area contributed by atoms with Crippen molar-refractivity contribution < 1.29 is 14.3 Å². The van der Waals surface area contributed by atoms with Crippen molar-refractivity contribution in [2.24, 2.45) is 0 Å². The molecular formula is C20H15Cl2N3O3. The molecule has 28 heavy (non-hydrogen) atoms. The van der Waals surface area contributed by atoms with Gasteiger partial charge in [0.05, 0.1) is 10.7 Å². The van der Waals surface area contributed by atoms with Crippen LogP contribution in [-0.2, 0) is 4.79 Å². The van der Waals surface area contributed by atoms with E-state index in [4.69, 9.17) is 27.9 Å². The number of aromatic nitrogens is 1. The van der Waals surface area contributed by atoms with E-state index in [1.807, 2.05) is 0 Å². The summed E-state index contributed by atoms with van der Waals surface area (Å²) in [6.07, 6.45) is 1.42. The molecule has 0 bridgehead atoms. The number of hydrogen-bond acceptors (Lipinski definition) is 4. The first-order chi connectivity index (χ1) is 13.4. The molecule has 6 nitrogen and oxygen atoms in total. The SMILES string of the molecule is CC(=O)Nc1ccc(C(=O)Nc2ccccc2Oc2ncc(Cl)cc2Cl)cc1. The summed E-state index contributed by atoms with van der Waals surface area (Å²) in [5.74, 6) is 0.0354. The van der Waals surface area contributed by atoms with Crippen molar-refractivity contribution in [2.75, 3.05) is 10.6 Å². The highest BCUT2D eigenvalue weighted by atomic mass is 35.5. The van der Waals surface area contributed by atoms with E-state index < -0.39 is 0 Å². The molecule has 3 aromatic rings. The van der Waals surface area contributed by atoms with E-state index in [2.05, 4.69) is 15.6 Å². The van der Waals surface area contributed by atoms with Crippen molar-refractivity contribution in [3.63, 3.8) is 0 Å². The molecule has 0 aliphatic rings. The quantitative estimate of drug-likeness (QED) is 0.584. The summed E-state index contributed by atoms with van der Waals surface area (Å²) < 4.78 is 5.73. The van der Waals surface area contributed by atoms with Crippen LogP contribution in [0.5, 0.6) is 11.6 Å². The molecule has 0 saturated carbocycles. The Labute approximate surface area is 171 Å². The van der Waals surface area contributed by atoms with Crippen LogP contribution in [0.4, 0.5) is 11.4 Å². The molecular weight excluding hydrogens is 401 g/mol. The lowest BCUT2D eigenvalue weighted by atomic mass is 10.2. The number of carbonyl (C=O) groups is 2. The van der Waals surface area contributed by atoms with Gasteiger partial charge in [0.2, 0.25) is 11.8 Å². The van der Waals surface area contributed by atoms with Crippen molar-refractivity contribution in [1.82, 2.24) is 4.98 Å². The summed E-state index contributed by atoms with van der Waals surface area (Å²) in [5.41, 5.74) is 1.48. The molecule has 0 aliphatic heterocycles. The van der Waals surface area contributed by atoms with Crippen molar-refractivity contribution in [2.45, 2.75) is 6.92 Å². The lowest BCUT2D eigenvalue weighted by Gasteiger charge is -2.12. The summed E-state index contributed by atoms with van der Waals surface area (Å²) >= 11 is 11.9.